The average molecular weight is 377 g/mol. The number of phenols is 1. The lowest BCUT2D eigenvalue weighted by atomic mass is 9.92. The van der Waals surface area contributed by atoms with E-state index >= 15 is 0 Å². The van der Waals surface area contributed by atoms with Crippen molar-refractivity contribution in [2.45, 2.75) is 6.04 Å². The molecule has 6 nitrogen and oxygen atoms in total. The lowest BCUT2D eigenvalue weighted by Crippen LogP contribution is -2.13. The zero-order chi connectivity index (χ0) is 18.8. The van der Waals surface area contributed by atoms with Crippen LogP contribution in [0, 0.1) is 10.1 Å². The summed E-state index contributed by atoms with van der Waals surface area (Å²) in [7, 11) is 0. The Kier molecular flexibility index (Phi) is 4.43. The number of aromatic nitrogens is 1. The maximum absolute atomic E-state index is 11.0. The predicted molar refractivity (Wildman–Crippen MR) is 106 cm³/mol. The Hall–Kier alpha value is -3.45. The molecule has 0 aliphatic rings. The molecule has 4 aromatic rings. The molecule has 0 fully saturated rings. The van der Waals surface area contributed by atoms with Crippen LogP contribution < -0.4 is 5.32 Å². The van der Waals surface area contributed by atoms with Crippen LogP contribution in [0.3, 0.4) is 0 Å². The number of nitrogens with one attached hydrogen (secondary N) is 1. The van der Waals surface area contributed by atoms with Crippen molar-refractivity contribution < 1.29 is 10.0 Å². The lowest BCUT2D eigenvalue weighted by Gasteiger charge is -2.22. The maximum Gasteiger partial charge on any atom is 0.269 e. The summed E-state index contributed by atoms with van der Waals surface area (Å²) >= 11 is 1.45. The molecule has 0 saturated carbocycles. The van der Waals surface area contributed by atoms with Crippen molar-refractivity contribution in [1.82, 2.24) is 4.98 Å². The number of rotatable bonds is 5. The van der Waals surface area contributed by atoms with E-state index in [2.05, 4.69) is 10.3 Å². The van der Waals surface area contributed by atoms with Crippen LogP contribution in [0.2, 0.25) is 0 Å². The van der Waals surface area contributed by atoms with Gasteiger partial charge in [-0.15, -0.1) is 11.3 Å². The molecule has 0 radical (unpaired) electrons. The highest BCUT2D eigenvalue weighted by molar-refractivity contribution is 7.13. The number of nitrogens with zero attached hydrogens (tertiary/aromatic N) is 2. The fourth-order valence-electron chi connectivity index (χ4n) is 3.12. The Balaban J connectivity index is 1.88. The topological polar surface area (TPSA) is 88.3 Å². The minimum atomic E-state index is -0.428. The summed E-state index contributed by atoms with van der Waals surface area (Å²) in [6, 6.07) is 17.2. The molecule has 3 aromatic carbocycles. The Morgan fingerprint density at radius 2 is 1.85 bits per heavy atom. The first-order valence-corrected chi connectivity index (χ1v) is 9.12. The van der Waals surface area contributed by atoms with E-state index in [0.717, 1.165) is 16.3 Å². The van der Waals surface area contributed by atoms with Gasteiger partial charge in [0.15, 0.2) is 5.13 Å². The van der Waals surface area contributed by atoms with Gasteiger partial charge in [-0.3, -0.25) is 10.1 Å². The highest BCUT2D eigenvalue weighted by atomic mass is 32.1. The molecule has 0 amide bonds. The minimum absolute atomic E-state index is 0.0221. The van der Waals surface area contributed by atoms with E-state index in [9.17, 15) is 15.2 Å². The summed E-state index contributed by atoms with van der Waals surface area (Å²) in [5.74, 6) is 0.154. The van der Waals surface area contributed by atoms with Crippen LogP contribution in [0.5, 0.6) is 5.75 Å². The zero-order valence-electron chi connectivity index (χ0n) is 14.1. The number of nitro groups is 1. The monoisotopic (exact) mass is 377 g/mol. The Morgan fingerprint density at radius 3 is 2.56 bits per heavy atom. The third kappa shape index (κ3) is 3.32. The Bertz CT molecular complexity index is 1100. The van der Waals surface area contributed by atoms with Gasteiger partial charge in [0.25, 0.3) is 5.69 Å². The molecule has 0 saturated heterocycles. The minimum Gasteiger partial charge on any atom is -0.508 e. The van der Waals surface area contributed by atoms with Crippen LogP contribution in [0.4, 0.5) is 10.8 Å². The van der Waals surface area contributed by atoms with Crippen molar-refractivity contribution in [2.24, 2.45) is 0 Å². The standard InChI is InChI=1S/C20H15N3O3S/c24-17-10-7-13-3-1-2-4-16(13)18(17)19(22-20-21-11-12-27-20)14-5-8-15(9-6-14)23(25)26/h1-12,19,24H,(H,21,22). The number of phenolic OH excluding ortho intramolecular Hbond substituents is 1. The van der Waals surface area contributed by atoms with Gasteiger partial charge in [-0.1, -0.05) is 30.3 Å². The fourth-order valence-corrected chi connectivity index (χ4v) is 3.67. The summed E-state index contributed by atoms with van der Waals surface area (Å²) in [6.07, 6.45) is 1.70. The van der Waals surface area contributed by atoms with Gasteiger partial charge in [-0.25, -0.2) is 4.98 Å². The molecule has 27 heavy (non-hydrogen) atoms. The first-order chi connectivity index (χ1) is 13.1. The van der Waals surface area contributed by atoms with Gasteiger partial charge in [0, 0.05) is 29.3 Å². The van der Waals surface area contributed by atoms with Gasteiger partial charge >= 0.3 is 0 Å². The second-order valence-electron chi connectivity index (χ2n) is 5.98. The van der Waals surface area contributed by atoms with E-state index in [-0.39, 0.29) is 11.4 Å². The van der Waals surface area contributed by atoms with Crippen molar-refractivity contribution in [1.29, 1.82) is 0 Å². The Morgan fingerprint density at radius 1 is 1.07 bits per heavy atom. The molecule has 1 aromatic heterocycles. The first-order valence-electron chi connectivity index (χ1n) is 8.24. The van der Waals surface area contributed by atoms with E-state index in [4.69, 9.17) is 0 Å². The smallest absolute Gasteiger partial charge is 0.269 e. The summed E-state index contributed by atoms with van der Waals surface area (Å²) in [5.41, 5.74) is 1.52. The van der Waals surface area contributed by atoms with E-state index in [1.54, 1.807) is 24.4 Å². The third-order valence-corrected chi connectivity index (χ3v) is 5.08. The number of fused-ring (bicyclic) bond motifs is 1. The highest BCUT2D eigenvalue weighted by Gasteiger charge is 2.22. The van der Waals surface area contributed by atoms with Crippen molar-refractivity contribution >= 4 is 32.9 Å². The van der Waals surface area contributed by atoms with Gasteiger partial charge in [0.05, 0.1) is 11.0 Å². The third-order valence-electron chi connectivity index (χ3n) is 4.37. The van der Waals surface area contributed by atoms with Crippen LogP contribution in [-0.2, 0) is 0 Å². The molecule has 0 aliphatic carbocycles. The van der Waals surface area contributed by atoms with E-state index in [1.165, 1.54) is 23.5 Å². The molecule has 1 heterocycles. The fraction of sp³-hybridized carbons (Fsp3) is 0.0500. The van der Waals surface area contributed by atoms with Crippen LogP contribution in [0.1, 0.15) is 17.2 Å². The first kappa shape index (κ1) is 17.0. The normalized spacial score (nSPS) is 12.0. The van der Waals surface area contributed by atoms with Gasteiger partial charge in [-0.2, -0.15) is 0 Å². The molecule has 1 atom stereocenters. The quantitative estimate of drug-likeness (QED) is 0.373. The van der Waals surface area contributed by atoms with Gasteiger partial charge in [-0.05, 0) is 34.5 Å². The molecule has 1 unspecified atom stereocenters. The number of hydrogen-bond donors (Lipinski definition) is 2. The summed E-state index contributed by atoms with van der Waals surface area (Å²) in [6.45, 7) is 0. The zero-order valence-corrected chi connectivity index (χ0v) is 14.9. The van der Waals surface area contributed by atoms with Gasteiger partial charge in [0.1, 0.15) is 5.75 Å². The van der Waals surface area contributed by atoms with Crippen LogP contribution >= 0.6 is 11.3 Å². The van der Waals surface area contributed by atoms with Crippen LogP contribution in [0.25, 0.3) is 10.8 Å². The largest absolute Gasteiger partial charge is 0.508 e. The molecule has 0 bridgehead atoms. The van der Waals surface area contributed by atoms with E-state index < -0.39 is 11.0 Å². The second kappa shape index (κ2) is 7.05. The molecular weight excluding hydrogens is 362 g/mol. The number of nitro benzene ring substituents is 1. The molecule has 4 rings (SSSR count). The average Bonchev–Trinajstić information content (AvgIpc) is 3.20. The van der Waals surface area contributed by atoms with E-state index in [1.807, 2.05) is 35.7 Å². The summed E-state index contributed by atoms with van der Waals surface area (Å²) in [5, 5.41) is 29.4. The van der Waals surface area contributed by atoms with Crippen molar-refractivity contribution in [3.05, 3.63) is 93.5 Å². The maximum atomic E-state index is 11.0. The molecule has 0 spiro atoms. The highest BCUT2D eigenvalue weighted by Crippen LogP contribution is 2.38. The molecular formula is C20H15N3O3S. The van der Waals surface area contributed by atoms with Crippen LogP contribution in [-0.4, -0.2) is 15.0 Å². The predicted octanol–water partition coefficient (Wildman–Crippen LogP) is 5.11. The number of hydrogen-bond acceptors (Lipinski definition) is 6. The number of benzene rings is 3. The van der Waals surface area contributed by atoms with Crippen LogP contribution in [0.15, 0.2) is 72.2 Å². The summed E-state index contributed by atoms with van der Waals surface area (Å²) < 4.78 is 0. The van der Waals surface area contributed by atoms with Crippen molar-refractivity contribution in [2.75, 3.05) is 5.32 Å². The van der Waals surface area contributed by atoms with Crippen molar-refractivity contribution in [3.63, 3.8) is 0 Å². The molecule has 7 heteroatoms. The molecule has 134 valence electrons. The van der Waals surface area contributed by atoms with Crippen molar-refractivity contribution in [3.8, 4) is 5.75 Å². The number of thiazole rings is 1. The second-order valence-corrected chi connectivity index (χ2v) is 6.88. The molecule has 2 N–H and O–H groups in total. The SMILES string of the molecule is O=[N+]([O-])c1ccc(C(Nc2nccs2)c2c(O)ccc3ccccc23)cc1. The van der Waals surface area contributed by atoms with Gasteiger partial charge in [0.2, 0.25) is 0 Å². The Labute approximate surface area is 158 Å². The van der Waals surface area contributed by atoms with E-state index in [0.29, 0.717) is 10.7 Å². The number of anilines is 1. The summed E-state index contributed by atoms with van der Waals surface area (Å²) in [4.78, 5) is 14.8. The lowest BCUT2D eigenvalue weighted by molar-refractivity contribution is -0.384. The van der Waals surface area contributed by atoms with Gasteiger partial charge < -0.3 is 10.4 Å². The number of aromatic hydroxyl groups is 1. The number of non-ortho nitro benzene ring substituents is 1. The molecule has 0 aliphatic heterocycles.